The third kappa shape index (κ3) is 4.75. The molecule has 30 heavy (non-hydrogen) atoms. The number of aryl methyl sites for hydroxylation is 1. The van der Waals surface area contributed by atoms with Crippen molar-refractivity contribution in [3.05, 3.63) is 58.8 Å². The molecule has 0 bridgehead atoms. The Kier molecular flexibility index (Phi) is 6.34. The van der Waals surface area contributed by atoms with E-state index >= 15 is 0 Å². The molecule has 2 N–H and O–H groups in total. The van der Waals surface area contributed by atoms with Gasteiger partial charge in [-0.25, -0.2) is 17.7 Å². The molecule has 0 fully saturated rings. The van der Waals surface area contributed by atoms with Gasteiger partial charge in [0.25, 0.3) is 5.91 Å². The number of hydrogen-bond donors (Lipinski definition) is 2. The molecule has 3 aromatic rings. The van der Waals surface area contributed by atoms with Crippen molar-refractivity contribution in [2.24, 2.45) is 0 Å². The molecule has 0 saturated carbocycles. The number of sulfonamides is 1. The quantitative estimate of drug-likeness (QED) is 0.556. The number of oxazole rings is 1. The third-order valence-corrected chi connectivity index (χ3v) is 6.81. The van der Waals surface area contributed by atoms with Crippen LogP contribution in [0.1, 0.15) is 21.8 Å². The lowest BCUT2D eigenvalue weighted by molar-refractivity contribution is -0.121. The predicted octanol–water partition coefficient (Wildman–Crippen LogP) is 1.97. The molecule has 158 valence electrons. The Hall–Kier alpha value is -3.02. The number of nitrogens with zero attached hydrogens (tertiary/aromatic N) is 2. The van der Waals surface area contributed by atoms with Gasteiger partial charge in [-0.2, -0.15) is 0 Å². The lowest BCUT2D eigenvalue weighted by atomic mass is 10.2. The second kappa shape index (κ2) is 8.78. The van der Waals surface area contributed by atoms with Crippen LogP contribution in [0.15, 0.2) is 51.1 Å². The molecule has 0 aliphatic carbocycles. The molecule has 9 nitrogen and oxygen atoms in total. The molecule has 2 aromatic heterocycles. The van der Waals surface area contributed by atoms with Gasteiger partial charge in [0.15, 0.2) is 0 Å². The first kappa shape index (κ1) is 21.7. The van der Waals surface area contributed by atoms with Crippen LogP contribution in [0.25, 0.3) is 10.8 Å². The van der Waals surface area contributed by atoms with Gasteiger partial charge in [-0.1, -0.05) is 12.1 Å². The molecule has 11 heteroatoms. The first-order chi connectivity index (χ1) is 14.2. The van der Waals surface area contributed by atoms with E-state index in [0.29, 0.717) is 17.3 Å². The number of nitrogens with one attached hydrogen (secondary N) is 2. The van der Waals surface area contributed by atoms with Crippen LogP contribution in [0.4, 0.5) is 0 Å². The van der Waals surface area contributed by atoms with Crippen molar-refractivity contribution < 1.29 is 22.4 Å². The second-order valence-corrected chi connectivity index (χ2v) is 9.59. The molecule has 0 unspecified atom stereocenters. The molecule has 2 amide bonds. The maximum Gasteiger partial charge on any atom is 0.269 e. The molecule has 2 heterocycles. The summed E-state index contributed by atoms with van der Waals surface area (Å²) >= 11 is 1.47. The van der Waals surface area contributed by atoms with Crippen molar-refractivity contribution in [2.75, 3.05) is 14.1 Å². The standard InChI is InChI=1S/C19H20N4O5S2/c1-12-15(20-19(28-12)16-8-5-9-29-16)11-17(24)21-22-18(25)13-6-4-7-14(10-13)30(26,27)23(2)3/h4-10H,11H2,1-3H3,(H,21,24)(H,22,25). The lowest BCUT2D eigenvalue weighted by Crippen LogP contribution is -2.42. The van der Waals surface area contributed by atoms with Gasteiger partial charge < -0.3 is 4.42 Å². The summed E-state index contributed by atoms with van der Waals surface area (Å²) in [5, 5.41) is 1.90. The average molecular weight is 449 g/mol. The fourth-order valence-electron chi connectivity index (χ4n) is 2.50. The Labute approximate surface area is 177 Å². The fraction of sp³-hybridized carbons (Fsp3) is 0.211. The Balaban J connectivity index is 1.62. The predicted molar refractivity (Wildman–Crippen MR) is 111 cm³/mol. The van der Waals surface area contributed by atoms with Crippen LogP contribution in [0.3, 0.4) is 0 Å². The molecular formula is C19H20N4O5S2. The van der Waals surface area contributed by atoms with E-state index in [2.05, 4.69) is 15.8 Å². The van der Waals surface area contributed by atoms with Gasteiger partial charge in [0, 0.05) is 19.7 Å². The Bertz CT molecular complexity index is 1170. The van der Waals surface area contributed by atoms with Crippen LogP contribution in [0.5, 0.6) is 0 Å². The van der Waals surface area contributed by atoms with E-state index in [1.165, 1.54) is 49.7 Å². The number of carbonyl (C=O) groups excluding carboxylic acids is 2. The van der Waals surface area contributed by atoms with E-state index in [1.54, 1.807) is 6.92 Å². The summed E-state index contributed by atoms with van der Waals surface area (Å²) in [4.78, 5) is 29.7. The third-order valence-electron chi connectivity index (χ3n) is 4.14. The van der Waals surface area contributed by atoms with Crippen molar-refractivity contribution in [2.45, 2.75) is 18.2 Å². The SMILES string of the molecule is Cc1oc(-c2cccs2)nc1CC(=O)NNC(=O)c1cccc(S(=O)(=O)N(C)C)c1. The minimum Gasteiger partial charge on any atom is -0.440 e. The Morgan fingerprint density at radius 2 is 1.93 bits per heavy atom. The van der Waals surface area contributed by atoms with E-state index in [1.807, 2.05) is 17.5 Å². The summed E-state index contributed by atoms with van der Waals surface area (Å²) in [6.45, 7) is 1.71. The maximum atomic E-state index is 12.3. The van der Waals surface area contributed by atoms with Gasteiger partial charge in [0.05, 0.1) is 21.9 Å². The minimum absolute atomic E-state index is 0.0224. The number of amides is 2. The fourth-order valence-corrected chi connectivity index (χ4v) is 4.10. The first-order valence-corrected chi connectivity index (χ1v) is 11.1. The van der Waals surface area contributed by atoms with Gasteiger partial charge in [0.2, 0.25) is 21.8 Å². The van der Waals surface area contributed by atoms with Crippen molar-refractivity contribution >= 4 is 33.2 Å². The van der Waals surface area contributed by atoms with Crippen molar-refractivity contribution in [3.8, 4) is 10.8 Å². The topological polar surface area (TPSA) is 122 Å². The zero-order valence-electron chi connectivity index (χ0n) is 16.5. The number of carbonyl (C=O) groups is 2. The minimum atomic E-state index is -3.68. The van der Waals surface area contributed by atoms with Crippen LogP contribution < -0.4 is 10.9 Å². The molecule has 0 saturated heterocycles. The van der Waals surface area contributed by atoms with E-state index in [9.17, 15) is 18.0 Å². The molecule has 0 spiro atoms. The molecule has 0 aliphatic heterocycles. The zero-order valence-corrected chi connectivity index (χ0v) is 18.1. The van der Waals surface area contributed by atoms with Crippen LogP contribution in [0.2, 0.25) is 0 Å². The van der Waals surface area contributed by atoms with Gasteiger partial charge in [-0.3, -0.25) is 20.4 Å². The highest BCUT2D eigenvalue weighted by atomic mass is 32.2. The highest BCUT2D eigenvalue weighted by Gasteiger charge is 2.19. The highest BCUT2D eigenvalue weighted by molar-refractivity contribution is 7.89. The summed E-state index contributed by atoms with van der Waals surface area (Å²) in [5.74, 6) is -0.181. The number of thiophene rings is 1. The van der Waals surface area contributed by atoms with E-state index < -0.39 is 21.8 Å². The van der Waals surface area contributed by atoms with Gasteiger partial charge in [-0.05, 0) is 36.6 Å². The average Bonchev–Trinajstić information content (AvgIpc) is 3.36. The van der Waals surface area contributed by atoms with Crippen LogP contribution >= 0.6 is 11.3 Å². The summed E-state index contributed by atoms with van der Waals surface area (Å²) in [5.41, 5.74) is 5.14. The van der Waals surface area contributed by atoms with E-state index in [-0.39, 0.29) is 16.9 Å². The second-order valence-electron chi connectivity index (χ2n) is 6.49. The maximum absolute atomic E-state index is 12.3. The molecule has 0 atom stereocenters. The molecule has 1 aromatic carbocycles. The van der Waals surface area contributed by atoms with Crippen molar-refractivity contribution in [1.29, 1.82) is 0 Å². The number of aromatic nitrogens is 1. The lowest BCUT2D eigenvalue weighted by Gasteiger charge is -2.12. The summed E-state index contributed by atoms with van der Waals surface area (Å²) in [6.07, 6.45) is -0.0873. The van der Waals surface area contributed by atoms with Crippen LogP contribution in [-0.2, 0) is 21.2 Å². The van der Waals surface area contributed by atoms with E-state index in [0.717, 1.165) is 9.18 Å². The van der Waals surface area contributed by atoms with Crippen LogP contribution in [-0.4, -0.2) is 43.6 Å². The number of rotatable bonds is 6. The molecule has 0 radical (unpaired) electrons. The van der Waals surface area contributed by atoms with Gasteiger partial charge in [-0.15, -0.1) is 11.3 Å². The number of benzene rings is 1. The Morgan fingerprint density at radius 3 is 2.60 bits per heavy atom. The smallest absolute Gasteiger partial charge is 0.269 e. The number of hydrogen-bond acceptors (Lipinski definition) is 7. The molecule has 0 aliphatic rings. The van der Waals surface area contributed by atoms with Crippen molar-refractivity contribution in [1.82, 2.24) is 20.1 Å². The first-order valence-electron chi connectivity index (χ1n) is 8.80. The molecule has 3 rings (SSSR count). The van der Waals surface area contributed by atoms with Crippen molar-refractivity contribution in [3.63, 3.8) is 0 Å². The zero-order chi connectivity index (χ0) is 21.9. The van der Waals surface area contributed by atoms with Gasteiger partial charge in [0.1, 0.15) is 5.76 Å². The van der Waals surface area contributed by atoms with E-state index in [4.69, 9.17) is 4.42 Å². The number of hydrazine groups is 1. The Morgan fingerprint density at radius 1 is 1.17 bits per heavy atom. The largest absolute Gasteiger partial charge is 0.440 e. The highest BCUT2D eigenvalue weighted by Crippen LogP contribution is 2.26. The normalized spacial score (nSPS) is 11.5. The van der Waals surface area contributed by atoms with Gasteiger partial charge >= 0.3 is 0 Å². The van der Waals surface area contributed by atoms with Crippen LogP contribution in [0, 0.1) is 6.92 Å². The summed E-state index contributed by atoms with van der Waals surface area (Å²) in [6, 6.07) is 9.28. The summed E-state index contributed by atoms with van der Waals surface area (Å²) in [7, 11) is -0.876. The summed E-state index contributed by atoms with van der Waals surface area (Å²) < 4.78 is 31.1. The monoisotopic (exact) mass is 448 g/mol. The molecular weight excluding hydrogens is 428 g/mol.